The molecule has 0 aliphatic rings. The molecule has 0 amide bonds. The minimum atomic E-state index is -0.386. The molecule has 0 N–H and O–H groups in total. The molecule has 0 bridgehead atoms. The molecule has 2 rings (SSSR count). The van der Waals surface area contributed by atoms with Crippen molar-refractivity contribution < 1.29 is 23.8 Å². The number of rotatable bonds is 10. The first kappa shape index (κ1) is 23.0. The van der Waals surface area contributed by atoms with E-state index in [2.05, 4.69) is 5.16 Å². The minimum Gasteiger partial charge on any atom is -0.493 e. The van der Waals surface area contributed by atoms with Gasteiger partial charge in [0.25, 0.3) is 0 Å². The van der Waals surface area contributed by atoms with Crippen LogP contribution >= 0.6 is 0 Å². The molecule has 0 aliphatic carbocycles. The molecule has 0 aromatic heterocycles. The van der Waals surface area contributed by atoms with E-state index >= 15 is 0 Å². The van der Waals surface area contributed by atoms with Crippen LogP contribution in [0.1, 0.15) is 43.9 Å². The number of hydrogen-bond donors (Lipinski definition) is 0. The predicted octanol–water partition coefficient (Wildman–Crippen LogP) is 5.00. The van der Waals surface area contributed by atoms with E-state index in [0.29, 0.717) is 23.7 Å². The Morgan fingerprint density at radius 1 is 1.10 bits per heavy atom. The van der Waals surface area contributed by atoms with Crippen molar-refractivity contribution in [1.82, 2.24) is 0 Å². The number of benzene rings is 2. The van der Waals surface area contributed by atoms with Gasteiger partial charge in [-0.2, -0.15) is 0 Å². The molecule has 0 fully saturated rings. The van der Waals surface area contributed by atoms with Crippen molar-refractivity contribution in [3.63, 3.8) is 0 Å². The molecule has 0 radical (unpaired) electrons. The molecule has 0 heterocycles. The Morgan fingerprint density at radius 2 is 1.87 bits per heavy atom. The maximum atomic E-state index is 12.1. The van der Waals surface area contributed by atoms with E-state index in [9.17, 15) is 4.79 Å². The fraction of sp³-hybridized carbons (Fsp3) is 0.333. The molecule has 160 valence electrons. The largest absolute Gasteiger partial charge is 0.493 e. The summed E-state index contributed by atoms with van der Waals surface area (Å²) in [5.41, 5.74) is 3.75. The molecule has 2 aromatic carbocycles. The van der Waals surface area contributed by atoms with Crippen molar-refractivity contribution in [3.8, 4) is 11.5 Å². The number of nitrogens with zero attached hydrogens (tertiary/aromatic N) is 1. The van der Waals surface area contributed by atoms with Crippen LogP contribution in [0.25, 0.3) is 5.57 Å². The Hall–Kier alpha value is -3.28. The number of oxime groups is 1. The first-order chi connectivity index (χ1) is 14.5. The van der Waals surface area contributed by atoms with Gasteiger partial charge in [-0.1, -0.05) is 42.4 Å². The second-order valence-corrected chi connectivity index (χ2v) is 6.52. The van der Waals surface area contributed by atoms with Gasteiger partial charge in [-0.05, 0) is 49.6 Å². The van der Waals surface area contributed by atoms with Crippen LogP contribution in [0.3, 0.4) is 0 Å². The average Bonchev–Trinajstić information content (AvgIpc) is 2.78. The van der Waals surface area contributed by atoms with Crippen molar-refractivity contribution >= 4 is 17.3 Å². The van der Waals surface area contributed by atoms with Crippen molar-refractivity contribution in [2.45, 2.75) is 33.8 Å². The molecule has 0 saturated heterocycles. The van der Waals surface area contributed by atoms with Crippen LogP contribution < -0.4 is 9.47 Å². The van der Waals surface area contributed by atoms with Crippen LogP contribution in [0.2, 0.25) is 0 Å². The summed E-state index contributed by atoms with van der Waals surface area (Å²) in [5, 5.41) is 4.14. The van der Waals surface area contributed by atoms with Crippen molar-refractivity contribution in [2.75, 3.05) is 20.8 Å². The highest BCUT2D eigenvalue weighted by molar-refractivity contribution is 6.16. The summed E-state index contributed by atoms with van der Waals surface area (Å²) >= 11 is 0. The van der Waals surface area contributed by atoms with E-state index in [1.165, 1.54) is 7.11 Å². The van der Waals surface area contributed by atoms with Gasteiger partial charge >= 0.3 is 5.97 Å². The summed E-state index contributed by atoms with van der Waals surface area (Å²) in [6.07, 6.45) is 2.63. The molecule has 6 nitrogen and oxygen atoms in total. The molecule has 30 heavy (non-hydrogen) atoms. The van der Waals surface area contributed by atoms with Crippen LogP contribution in [-0.2, 0) is 21.0 Å². The number of ether oxygens (including phenoxy) is 3. The normalized spacial score (nSPS) is 11.8. The zero-order chi connectivity index (χ0) is 21.9. The standard InChI is InChI=1S/C24H29NO5/c1-6-14-30-25-17(3)18-12-13-22(27-4)23(15-18)29-16-19-10-8-9-11-21(19)20(7-2)24(26)28-5/h7-13,15H,6,14,16H2,1-5H3/b20-7?,25-17-. The number of esters is 1. The molecular weight excluding hydrogens is 382 g/mol. The summed E-state index contributed by atoms with van der Waals surface area (Å²) < 4.78 is 16.4. The lowest BCUT2D eigenvalue weighted by atomic mass is 10.00. The zero-order valence-electron chi connectivity index (χ0n) is 18.2. The summed E-state index contributed by atoms with van der Waals surface area (Å²) in [6.45, 7) is 6.54. The number of carbonyl (C=O) groups excluding carboxylic acids is 1. The summed E-state index contributed by atoms with van der Waals surface area (Å²) in [6, 6.07) is 13.2. The first-order valence-corrected chi connectivity index (χ1v) is 9.86. The lowest BCUT2D eigenvalue weighted by molar-refractivity contribution is -0.133. The highest BCUT2D eigenvalue weighted by atomic mass is 16.6. The lowest BCUT2D eigenvalue weighted by Crippen LogP contribution is -2.08. The van der Waals surface area contributed by atoms with Gasteiger partial charge in [-0.25, -0.2) is 4.79 Å². The van der Waals surface area contributed by atoms with Crippen LogP contribution in [0.4, 0.5) is 0 Å². The van der Waals surface area contributed by atoms with E-state index in [-0.39, 0.29) is 12.6 Å². The number of allylic oxidation sites excluding steroid dienone is 1. The minimum absolute atomic E-state index is 0.257. The Kier molecular flexibility index (Phi) is 8.94. The van der Waals surface area contributed by atoms with Gasteiger partial charge in [-0.15, -0.1) is 0 Å². The summed E-state index contributed by atoms with van der Waals surface area (Å²) in [4.78, 5) is 17.4. The third kappa shape index (κ3) is 5.86. The Morgan fingerprint density at radius 3 is 2.53 bits per heavy atom. The number of hydrogen-bond acceptors (Lipinski definition) is 6. The Bertz CT molecular complexity index is 918. The van der Waals surface area contributed by atoms with Gasteiger partial charge in [-0.3, -0.25) is 0 Å². The quantitative estimate of drug-likeness (QED) is 0.181. The van der Waals surface area contributed by atoms with Crippen LogP contribution in [0, 0.1) is 0 Å². The van der Waals surface area contributed by atoms with Gasteiger partial charge in [0.15, 0.2) is 11.5 Å². The Balaban J connectivity index is 2.28. The molecule has 0 aliphatic heterocycles. The van der Waals surface area contributed by atoms with E-state index < -0.39 is 0 Å². The second kappa shape index (κ2) is 11.7. The smallest absolute Gasteiger partial charge is 0.338 e. The molecule has 0 spiro atoms. The zero-order valence-corrected chi connectivity index (χ0v) is 18.2. The first-order valence-electron chi connectivity index (χ1n) is 9.86. The van der Waals surface area contributed by atoms with Gasteiger partial charge in [0.05, 0.1) is 25.5 Å². The van der Waals surface area contributed by atoms with Crippen LogP contribution in [-0.4, -0.2) is 32.5 Å². The molecule has 0 saturated carbocycles. The highest BCUT2D eigenvalue weighted by Gasteiger charge is 2.16. The molecule has 2 aromatic rings. The number of methoxy groups -OCH3 is 2. The van der Waals surface area contributed by atoms with Gasteiger partial charge in [0, 0.05) is 5.56 Å². The van der Waals surface area contributed by atoms with Crippen molar-refractivity contribution in [3.05, 3.63) is 65.2 Å². The molecule has 0 unspecified atom stereocenters. The van der Waals surface area contributed by atoms with Gasteiger partial charge < -0.3 is 19.0 Å². The fourth-order valence-electron chi connectivity index (χ4n) is 2.86. The SMILES string of the molecule is CC=C(C(=O)OC)c1ccccc1COc1cc(/C(C)=N\OCCC)ccc1OC. The average molecular weight is 411 g/mol. The third-order valence-electron chi connectivity index (χ3n) is 4.46. The molecule has 6 heteroatoms. The fourth-order valence-corrected chi connectivity index (χ4v) is 2.86. The maximum Gasteiger partial charge on any atom is 0.338 e. The topological polar surface area (TPSA) is 66.4 Å². The monoisotopic (exact) mass is 411 g/mol. The van der Waals surface area contributed by atoms with Crippen LogP contribution in [0.5, 0.6) is 11.5 Å². The highest BCUT2D eigenvalue weighted by Crippen LogP contribution is 2.30. The number of carbonyl (C=O) groups is 1. The van der Waals surface area contributed by atoms with Gasteiger partial charge in [0.1, 0.15) is 13.2 Å². The van der Waals surface area contributed by atoms with E-state index in [1.807, 2.05) is 56.3 Å². The van der Waals surface area contributed by atoms with Crippen molar-refractivity contribution in [2.24, 2.45) is 5.16 Å². The van der Waals surface area contributed by atoms with E-state index in [1.54, 1.807) is 20.1 Å². The second-order valence-electron chi connectivity index (χ2n) is 6.52. The van der Waals surface area contributed by atoms with E-state index in [4.69, 9.17) is 19.0 Å². The summed E-state index contributed by atoms with van der Waals surface area (Å²) in [7, 11) is 2.96. The predicted molar refractivity (Wildman–Crippen MR) is 118 cm³/mol. The van der Waals surface area contributed by atoms with Gasteiger partial charge in [0.2, 0.25) is 0 Å². The molecular formula is C24H29NO5. The Labute approximate surface area is 178 Å². The molecule has 0 atom stereocenters. The maximum absolute atomic E-state index is 12.1. The van der Waals surface area contributed by atoms with E-state index in [0.717, 1.165) is 28.8 Å². The lowest BCUT2D eigenvalue weighted by Gasteiger charge is -2.15. The summed E-state index contributed by atoms with van der Waals surface area (Å²) in [5.74, 6) is 0.802. The van der Waals surface area contributed by atoms with Crippen LogP contribution in [0.15, 0.2) is 53.7 Å². The third-order valence-corrected chi connectivity index (χ3v) is 4.46. The van der Waals surface area contributed by atoms with Crippen molar-refractivity contribution in [1.29, 1.82) is 0 Å².